The molecule has 0 saturated heterocycles. The fourth-order valence-corrected chi connectivity index (χ4v) is 1.12. The molecule has 13 heavy (non-hydrogen) atoms. The molecule has 0 unspecified atom stereocenters. The third-order valence-electron chi connectivity index (χ3n) is 1.87. The number of hydrogen-bond donors (Lipinski definition) is 1. The SMILES string of the molecule is CC(C)NC[C@@H](F)c1ccccc1. The fourth-order valence-electron chi connectivity index (χ4n) is 1.12. The summed E-state index contributed by atoms with van der Waals surface area (Å²) in [7, 11) is 0. The highest BCUT2D eigenvalue weighted by molar-refractivity contribution is 5.17. The molecule has 0 aliphatic rings. The highest BCUT2D eigenvalue weighted by atomic mass is 19.1. The maximum Gasteiger partial charge on any atom is 0.137 e. The summed E-state index contributed by atoms with van der Waals surface area (Å²) in [5.41, 5.74) is 0.746. The van der Waals surface area contributed by atoms with E-state index in [1.807, 2.05) is 44.2 Å². The smallest absolute Gasteiger partial charge is 0.137 e. The van der Waals surface area contributed by atoms with Gasteiger partial charge in [-0.05, 0) is 5.56 Å². The first-order chi connectivity index (χ1) is 6.20. The molecule has 1 atom stereocenters. The van der Waals surface area contributed by atoms with E-state index in [9.17, 15) is 4.39 Å². The van der Waals surface area contributed by atoms with Crippen molar-refractivity contribution in [1.82, 2.24) is 5.32 Å². The molecule has 1 rings (SSSR count). The summed E-state index contributed by atoms with van der Waals surface area (Å²) < 4.78 is 13.4. The van der Waals surface area contributed by atoms with Crippen LogP contribution in [0.25, 0.3) is 0 Å². The molecule has 1 aromatic carbocycles. The van der Waals surface area contributed by atoms with E-state index in [-0.39, 0.29) is 0 Å². The Labute approximate surface area is 79.0 Å². The minimum Gasteiger partial charge on any atom is -0.311 e. The Morgan fingerprint density at radius 3 is 2.38 bits per heavy atom. The first kappa shape index (κ1) is 10.2. The van der Waals surface area contributed by atoms with E-state index < -0.39 is 6.17 Å². The average Bonchev–Trinajstić information content (AvgIpc) is 2.15. The Balaban J connectivity index is 2.44. The molecule has 0 spiro atoms. The van der Waals surface area contributed by atoms with Gasteiger partial charge in [-0.3, -0.25) is 0 Å². The van der Waals surface area contributed by atoms with Gasteiger partial charge in [0.05, 0.1) is 0 Å². The third-order valence-corrected chi connectivity index (χ3v) is 1.87. The molecule has 0 radical (unpaired) electrons. The molecule has 2 heteroatoms. The minimum absolute atomic E-state index is 0.335. The Hall–Kier alpha value is -0.890. The molecule has 0 aliphatic carbocycles. The van der Waals surface area contributed by atoms with Crippen molar-refractivity contribution in [3.05, 3.63) is 35.9 Å². The zero-order chi connectivity index (χ0) is 9.68. The fraction of sp³-hybridized carbons (Fsp3) is 0.455. The zero-order valence-electron chi connectivity index (χ0n) is 8.13. The lowest BCUT2D eigenvalue weighted by molar-refractivity contribution is 0.319. The van der Waals surface area contributed by atoms with Crippen LogP contribution in [0.2, 0.25) is 0 Å². The van der Waals surface area contributed by atoms with Crippen molar-refractivity contribution in [2.75, 3.05) is 6.54 Å². The van der Waals surface area contributed by atoms with Gasteiger partial charge >= 0.3 is 0 Å². The number of alkyl halides is 1. The lowest BCUT2D eigenvalue weighted by atomic mass is 10.1. The number of hydrogen-bond acceptors (Lipinski definition) is 1. The second kappa shape index (κ2) is 4.97. The number of halogens is 1. The van der Waals surface area contributed by atoms with Crippen LogP contribution in [0.15, 0.2) is 30.3 Å². The largest absolute Gasteiger partial charge is 0.311 e. The second-order valence-corrected chi connectivity index (χ2v) is 3.44. The second-order valence-electron chi connectivity index (χ2n) is 3.44. The van der Waals surface area contributed by atoms with Gasteiger partial charge in [-0.2, -0.15) is 0 Å². The molecular formula is C11H16FN. The molecule has 0 amide bonds. The number of benzene rings is 1. The maximum atomic E-state index is 13.4. The van der Waals surface area contributed by atoms with Crippen molar-refractivity contribution in [3.8, 4) is 0 Å². The highest BCUT2D eigenvalue weighted by Crippen LogP contribution is 2.15. The third kappa shape index (κ3) is 3.55. The molecule has 0 heterocycles. The van der Waals surface area contributed by atoms with E-state index in [0.29, 0.717) is 12.6 Å². The number of rotatable bonds is 4. The Kier molecular flexibility index (Phi) is 3.90. The first-order valence-corrected chi connectivity index (χ1v) is 4.62. The first-order valence-electron chi connectivity index (χ1n) is 4.62. The maximum absolute atomic E-state index is 13.4. The van der Waals surface area contributed by atoms with E-state index in [2.05, 4.69) is 5.32 Å². The van der Waals surface area contributed by atoms with Crippen molar-refractivity contribution < 1.29 is 4.39 Å². The van der Waals surface area contributed by atoms with Crippen LogP contribution in [-0.4, -0.2) is 12.6 Å². The van der Waals surface area contributed by atoms with Crippen LogP contribution < -0.4 is 5.32 Å². The molecule has 0 aliphatic heterocycles. The van der Waals surface area contributed by atoms with Crippen molar-refractivity contribution in [3.63, 3.8) is 0 Å². The van der Waals surface area contributed by atoms with E-state index in [4.69, 9.17) is 0 Å². The topological polar surface area (TPSA) is 12.0 Å². The normalized spacial score (nSPS) is 13.2. The zero-order valence-corrected chi connectivity index (χ0v) is 8.13. The Morgan fingerprint density at radius 2 is 1.85 bits per heavy atom. The molecule has 1 nitrogen and oxygen atoms in total. The Bertz CT molecular complexity index is 233. The number of nitrogens with one attached hydrogen (secondary N) is 1. The van der Waals surface area contributed by atoms with Gasteiger partial charge in [0.1, 0.15) is 6.17 Å². The van der Waals surface area contributed by atoms with Crippen LogP contribution in [0.1, 0.15) is 25.6 Å². The van der Waals surface area contributed by atoms with Crippen LogP contribution in [0, 0.1) is 0 Å². The summed E-state index contributed by atoms with van der Waals surface area (Å²) in [6.45, 7) is 4.41. The molecule has 0 fully saturated rings. The summed E-state index contributed by atoms with van der Waals surface area (Å²) in [6.07, 6.45) is -0.899. The average molecular weight is 181 g/mol. The molecule has 0 aromatic heterocycles. The predicted molar refractivity (Wildman–Crippen MR) is 53.4 cm³/mol. The molecule has 0 bridgehead atoms. The van der Waals surface area contributed by atoms with Gasteiger partial charge in [0.2, 0.25) is 0 Å². The molecular weight excluding hydrogens is 165 g/mol. The van der Waals surface area contributed by atoms with Crippen molar-refractivity contribution in [2.45, 2.75) is 26.1 Å². The minimum atomic E-state index is -0.899. The quantitative estimate of drug-likeness (QED) is 0.753. The van der Waals surface area contributed by atoms with Gasteiger partial charge in [-0.1, -0.05) is 44.2 Å². The standard InChI is InChI=1S/C11H16FN/c1-9(2)13-8-11(12)10-6-4-3-5-7-10/h3-7,9,11,13H,8H2,1-2H3/t11-/m1/s1. The van der Waals surface area contributed by atoms with Crippen molar-refractivity contribution >= 4 is 0 Å². The summed E-state index contributed by atoms with van der Waals surface area (Å²) in [5, 5.41) is 3.07. The summed E-state index contributed by atoms with van der Waals surface area (Å²) in [6, 6.07) is 9.57. The van der Waals surface area contributed by atoms with Gasteiger partial charge in [-0.25, -0.2) is 4.39 Å². The Morgan fingerprint density at radius 1 is 1.23 bits per heavy atom. The molecule has 1 N–H and O–H groups in total. The lowest BCUT2D eigenvalue weighted by Crippen LogP contribution is -2.26. The van der Waals surface area contributed by atoms with Gasteiger partial charge in [0.25, 0.3) is 0 Å². The van der Waals surface area contributed by atoms with Gasteiger partial charge in [0, 0.05) is 12.6 Å². The summed E-state index contributed by atoms with van der Waals surface area (Å²) in [5.74, 6) is 0. The highest BCUT2D eigenvalue weighted by Gasteiger charge is 2.08. The van der Waals surface area contributed by atoms with E-state index >= 15 is 0 Å². The summed E-state index contributed by atoms with van der Waals surface area (Å²) in [4.78, 5) is 0. The van der Waals surface area contributed by atoms with Crippen LogP contribution in [0.4, 0.5) is 4.39 Å². The van der Waals surface area contributed by atoms with Crippen LogP contribution in [0.3, 0.4) is 0 Å². The monoisotopic (exact) mass is 181 g/mol. The van der Waals surface area contributed by atoms with Crippen molar-refractivity contribution in [1.29, 1.82) is 0 Å². The molecule has 0 saturated carbocycles. The molecule has 72 valence electrons. The summed E-state index contributed by atoms with van der Waals surface area (Å²) >= 11 is 0. The molecule has 1 aromatic rings. The van der Waals surface area contributed by atoms with Gasteiger partial charge in [-0.15, -0.1) is 0 Å². The van der Waals surface area contributed by atoms with E-state index in [0.717, 1.165) is 5.56 Å². The van der Waals surface area contributed by atoms with Crippen LogP contribution >= 0.6 is 0 Å². The van der Waals surface area contributed by atoms with Crippen LogP contribution in [0.5, 0.6) is 0 Å². The van der Waals surface area contributed by atoms with Gasteiger partial charge < -0.3 is 5.32 Å². The predicted octanol–water partition coefficient (Wildman–Crippen LogP) is 2.70. The van der Waals surface area contributed by atoms with Crippen LogP contribution in [-0.2, 0) is 0 Å². The van der Waals surface area contributed by atoms with Gasteiger partial charge in [0.15, 0.2) is 0 Å². The lowest BCUT2D eigenvalue weighted by Gasteiger charge is -2.11. The van der Waals surface area contributed by atoms with Crippen molar-refractivity contribution in [2.24, 2.45) is 0 Å². The van der Waals surface area contributed by atoms with E-state index in [1.165, 1.54) is 0 Å². The van der Waals surface area contributed by atoms with E-state index in [1.54, 1.807) is 0 Å².